The highest BCUT2D eigenvalue weighted by atomic mass is 16.5. The van der Waals surface area contributed by atoms with Crippen LogP contribution in [0, 0.1) is 5.92 Å². The van der Waals surface area contributed by atoms with Gasteiger partial charge in [-0.1, -0.05) is 0 Å². The third-order valence-electron chi connectivity index (χ3n) is 4.19. The first-order chi connectivity index (χ1) is 8.11. The molecule has 1 saturated heterocycles. The fourth-order valence-electron chi connectivity index (χ4n) is 2.94. The lowest BCUT2D eigenvalue weighted by atomic mass is 10.0. The van der Waals surface area contributed by atoms with E-state index in [4.69, 9.17) is 10.5 Å². The highest BCUT2D eigenvalue weighted by molar-refractivity contribution is 4.90. The Hall–Kier alpha value is -0.120. The largest absolute Gasteiger partial charge is 0.374 e. The van der Waals surface area contributed by atoms with Gasteiger partial charge in [-0.3, -0.25) is 4.90 Å². The van der Waals surface area contributed by atoms with Crippen molar-refractivity contribution in [3.63, 3.8) is 0 Å². The zero-order valence-electron chi connectivity index (χ0n) is 11.6. The zero-order valence-corrected chi connectivity index (χ0v) is 11.6. The van der Waals surface area contributed by atoms with E-state index < -0.39 is 0 Å². The highest BCUT2D eigenvalue weighted by Crippen LogP contribution is 2.33. The fourth-order valence-corrected chi connectivity index (χ4v) is 2.94. The van der Waals surface area contributed by atoms with Crippen LogP contribution in [-0.4, -0.2) is 42.3 Å². The van der Waals surface area contributed by atoms with Crippen LogP contribution >= 0.6 is 0 Å². The molecule has 1 heterocycles. The van der Waals surface area contributed by atoms with Crippen molar-refractivity contribution in [2.24, 2.45) is 11.7 Å². The third-order valence-corrected chi connectivity index (χ3v) is 4.19. The Labute approximate surface area is 106 Å². The van der Waals surface area contributed by atoms with Crippen molar-refractivity contribution in [3.8, 4) is 0 Å². The first-order valence-electron chi connectivity index (χ1n) is 7.23. The molecule has 0 bridgehead atoms. The Balaban J connectivity index is 1.97. The van der Waals surface area contributed by atoms with Crippen molar-refractivity contribution in [3.05, 3.63) is 0 Å². The van der Waals surface area contributed by atoms with Crippen LogP contribution in [0.4, 0.5) is 0 Å². The molecule has 2 N–H and O–H groups in total. The highest BCUT2D eigenvalue weighted by Gasteiger charge is 2.36. The van der Waals surface area contributed by atoms with Crippen LogP contribution in [0.25, 0.3) is 0 Å². The molecule has 2 aliphatic rings. The summed E-state index contributed by atoms with van der Waals surface area (Å²) in [4.78, 5) is 2.58. The van der Waals surface area contributed by atoms with E-state index in [0.717, 1.165) is 12.5 Å². The topological polar surface area (TPSA) is 38.5 Å². The first kappa shape index (κ1) is 13.3. The molecule has 2 fully saturated rings. The van der Waals surface area contributed by atoms with Gasteiger partial charge in [0.25, 0.3) is 0 Å². The molecular weight excluding hydrogens is 212 g/mol. The molecule has 3 unspecified atom stereocenters. The number of rotatable bonds is 6. The van der Waals surface area contributed by atoms with Crippen LogP contribution in [0.15, 0.2) is 0 Å². The van der Waals surface area contributed by atoms with Gasteiger partial charge < -0.3 is 10.5 Å². The van der Waals surface area contributed by atoms with Crippen molar-refractivity contribution in [2.75, 3.05) is 13.1 Å². The maximum atomic E-state index is 6.03. The summed E-state index contributed by atoms with van der Waals surface area (Å²) < 4.78 is 6.03. The predicted molar refractivity (Wildman–Crippen MR) is 71.0 cm³/mol. The standard InChI is InChI=1S/C14H28N2O/c1-10(2)16(9-12-5-6-12)13(8-15)14-7-4-11(3)17-14/h10-14H,4-9,15H2,1-3H3. The van der Waals surface area contributed by atoms with Gasteiger partial charge >= 0.3 is 0 Å². The van der Waals surface area contributed by atoms with Crippen LogP contribution in [-0.2, 0) is 4.74 Å². The number of ether oxygens (including phenoxy) is 1. The van der Waals surface area contributed by atoms with Crippen molar-refractivity contribution < 1.29 is 4.74 Å². The molecule has 2 rings (SSSR count). The van der Waals surface area contributed by atoms with E-state index in [1.807, 2.05) is 0 Å². The minimum Gasteiger partial charge on any atom is -0.374 e. The van der Waals surface area contributed by atoms with Gasteiger partial charge in [0.1, 0.15) is 0 Å². The quantitative estimate of drug-likeness (QED) is 0.772. The van der Waals surface area contributed by atoms with Crippen LogP contribution in [0.5, 0.6) is 0 Å². The minimum atomic E-state index is 0.358. The predicted octanol–water partition coefficient (Wildman–Crippen LogP) is 2.00. The number of hydrogen-bond donors (Lipinski definition) is 1. The minimum absolute atomic E-state index is 0.358. The maximum absolute atomic E-state index is 6.03. The summed E-state index contributed by atoms with van der Waals surface area (Å²) in [6, 6.07) is 0.990. The Kier molecular flexibility index (Phi) is 4.45. The van der Waals surface area contributed by atoms with Crippen LogP contribution < -0.4 is 5.73 Å². The molecule has 0 aromatic heterocycles. The van der Waals surface area contributed by atoms with Gasteiger partial charge in [-0.15, -0.1) is 0 Å². The second kappa shape index (κ2) is 5.68. The molecule has 1 aliphatic carbocycles. The van der Waals surface area contributed by atoms with Gasteiger partial charge in [0, 0.05) is 25.2 Å². The smallest absolute Gasteiger partial charge is 0.0747 e. The molecule has 100 valence electrons. The third kappa shape index (κ3) is 3.43. The van der Waals surface area contributed by atoms with E-state index >= 15 is 0 Å². The van der Waals surface area contributed by atoms with Gasteiger partial charge in [0.05, 0.1) is 12.2 Å². The van der Waals surface area contributed by atoms with Crippen molar-refractivity contribution in [2.45, 2.75) is 70.7 Å². The molecule has 3 nitrogen and oxygen atoms in total. The molecular formula is C14H28N2O. The van der Waals surface area contributed by atoms with E-state index in [0.29, 0.717) is 24.3 Å². The average molecular weight is 240 g/mol. The molecule has 0 amide bonds. The van der Waals surface area contributed by atoms with E-state index in [9.17, 15) is 0 Å². The summed E-state index contributed by atoms with van der Waals surface area (Å²) in [5, 5.41) is 0. The first-order valence-corrected chi connectivity index (χ1v) is 7.23. The van der Waals surface area contributed by atoms with E-state index in [2.05, 4.69) is 25.7 Å². The maximum Gasteiger partial charge on any atom is 0.0747 e. The zero-order chi connectivity index (χ0) is 12.4. The molecule has 0 aromatic carbocycles. The summed E-state index contributed by atoms with van der Waals surface area (Å²) in [7, 11) is 0. The summed E-state index contributed by atoms with van der Waals surface area (Å²) in [5.41, 5.74) is 6.01. The molecule has 17 heavy (non-hydrogen) atoms. The SMILES string of the molecule is CC1CCC(C(CN)N(CC2CC2)C(C)C)O1. The van der Waals surface area contributed by atoms with Crippen molar-refractivity contribution in [1.82, 2.24) is 4.90 Å². The summed E-state index contributed by atoms with van der Waals surface area (Å²) in [6.45, 7) is 8.68. The van der Waals surface area contributed by atoms with Crippen molar-refractivity contribution in [1.29, 1.82) is 0 Å². The molecule has 1 saturated carbocycles. The Morgan fingerprint density at radius 3 is 2.35 bits per heavy atom. The van der Waals surface area contributed by atoms with Crippen molar-refractivity contribution >= 4 is 0 Å². The lowest BCUT2D eigenvalue weighted by Crippen LogP contribution is -2.52. The van der Waals surface area contributed by atoms with Gasteiger partial charge in [-0.05, 0) is 52.4 Å². The summed E-state index contributed by atoms with van der Waals surface area (Å²) in [6.07, 6.45) is 5.96. The molecule has 3 atom stereocenters. The second-order valence-corrected chi connectivity index (χ2v) is 6.10. The lowest BCUT2D eigenvalue weighted by Gasteiger charge is -2.37. The fraction of sp³-hybridized carbons (Fsp3) is 1.00. The average Bonchev–Trinajstić information content (AvgIpc) is 3.00. The molecule has 0 radical (unpaired) electrons. The number of nitrogens with two attached hydrogens (primary N) is 1. The second-order valence-electron chi connectivity index (χ2n) is 6.10. The van der Waals surface area contributed by atoms with Crippen LogP contribution in [0.1, 0.15) is 46.5 Å². The molecule has 3 heteroatoms. The van der Waals surface area contributed by atoms with Crippen LogP contribution in [0.3, 0.4) is 0 Å². The molecule has 0 aromatic rings. The summed E-state index contributed by atoms with van der Waals surface area (Å²) >= 11 is 0. The number of nitrogens with zero attached hydrogens (tertiary/aromatic N) is 1. The van der Waals surface area contributed by atoms with E-state index in [1.54, 1.807) is 0 Å². The van der Waals surface area contributed by atoms with E-state index in [1.165, 1.54) is 32.2 Å². The normalized spacial score (nSPS) is 31.4. The van der Waals surface area contributed by atoms with Gasteiger partial charge in [-0.25, -0.2) is 0 Å². The monoisotopic (exact) mass is 240 g/mol. The lowest BCUT2D eigenvalue weighted by molar-refractivity contribution is -0.0150. The Bertz CT molecular complexity index is 240. The van der Waals surface area contributed by atoms with Gasteiger partial charge in [-0.2, -0.15) is 0 Å². The Morgan fingerprint density at radius 1 is 1.24 bits per heavy atom. The molecule has 0 spiro atoms. The summed E-state index contributed by atoms with van der Waals surface area (Å²) in [5.74, 6) is 0.922. The number of hydrogen-bond acceptors (Lipinski definition) is 3. The van der Waals surface area contributed by atoms with E-state index in [-0.39, 0.29) is 0 Å². The Morgan fingerprint density at radius 2 is 1.94 bits per heavy atom. The van der Waals surface area contributed by atoms with Crippen LogP contribution in [0.2, 0.25) is 0 Å². The van der Waals surface area contributed by atoms with Gasteiger partial charge in [0.2, 0.25) is 0 Å². The molecule has 1 aliphatic heterocycles. The van der Waals surface area contributed by atoms with Gasteiger partial charge in [0.15, 0.2) is 0 Å².